The zero-order valence-corrected chi connectivity index (χ0v) is 21.2. The number of phenols is 2. The number of aromatic hydroxyl groups is 2. The van der Waals surface area contributed by atoms with E-state index in [1.54, 1.807) is 6.92 Å². The molecule has 0 saturated carbocycles. The van der Waals surface area contributed by atoms with Crippen LogP contribution in [0.5, 0.6) is 23.0 Å². The summed E-state index contributed by atoms with van der Waals surface area (Å²) in [6.07, 6.45) is 1.19. The van der Waals surface area contributed by atoms with Gasteiger partial charge in [0.05, 0.1) is 11.1 Å². The van der Waals surface area contributed by atoms with Crippen molar-refractivity contribution in [3.8, 4) is 23.0 Å². The van der Waals surface area contributed by atoms with Gasteiger partial charge in [-0.25, -0.2) is 0 Å². The Labute approximate surface area is 210 Å². The summed E-state index contributed by atoms with van der Waals surface area (Å²) in [5.41, 5.74) is -1.29. The summed E-state index contributed by atoms with van der Waals surface area (Å²) in [6.45, 7) is 6.46. The lowest BCUT2D eigenvalue weighted by atomic mass is 9.70. The van der Waals surface area contributed by atoms with Crippen LogP contribution in [0.2, 0.25) is 0 Å². The molecule has 0 aromatic heterocycles. The van der Waals surface area contributed by atoms with Crippen molar-refractivity contribution in [2.45, 2.75) is 33.1 Å². The number of allylic oxidation sites excluding steroid dienone is 4. The van der Waals surface area contributed by atoms with E-state index in [0.717, 1.165) is 4.47 Å². The second-order valence-corrected chi connectivity index (χ2v) is 9.53. The maximum absolute atomic E-state index is 13.7. The van der Waals surface area contributed by atoms with Crippen LogP contribution in [0.1, 0.15) is 42.3 Å². The SMILES string of the molecule is CC(=O)c1c(O)c(C)c(O)c2c1OC1=CC(=O)/C(=C(/C)NCCOc3ccc(Br)cc3)C(=O)[C@@]12C. The van der Waals surface area contributed by atoms with Crippen molar-refractivity contribution in [1.29, 1.82) is 0 Å². The van der Waals surface area contributed by atoms with Crippen LogP contribution < -0.4 is 14.8 Å². The fraction of sp³-hybridized carbons (Fsp3) is 0.269. The molecule has 9 heteroatoms. The summed E-state index contributed by atoms with van der Waals surface area (Å²) >= 11 is 3.36. The highest BCUT2D eigenvalue weighted by molar-refractivity contribution is 9.10. The highest BCUT2D eigenvalue weighted by Gasteiger charge is 2.56. The van der Waals surface area contributed by atoms with Gasteiger partial charge in [0.15, 0.2) is 17.3 Å². The van der Waals surface area contributed by atoms with Crippen LogP contribution >= 0.6 is 15.9 Å². The van der Waals surface area contributed by atoms with Gasteiger partial charge in [-0.2, -0.15) is 0 Å². The molecule has 0 fully saturated rings. The fourth-order valence-electron chi connectivity index (χ4n) is 4.39. The highest BCUT2D eigenvalue weighted by Crippen LogP contribution is 2.57. The van der Waals surface area contributed by atoms with E-state index in [0.29, 0.717) is 24.6 Å². The van der Waals surface area contributed by atoms with Gasteiger partial charge in [0.25, 0.3) is 0 Å². The molecule has 0 spiro atoms. The zero-order valence-electron chi connectivity index (χ0n) is 19.6. The molecule has 1 aliphatic heterocycles. The average molecular weight is 542 g/mol. The van der Waals surface area contributed by atoms with Gasteiger partial charge < -0.3 is 25.0 Å². The van der Waals surface area contributed by atoms with E-state index >= 15 is 0 Å². The number of hydrogen-bond acceptors (Lipinski definition) is 8. The third-order valence-electron chi connectivity index (χ3n) is 6.33. The summed E-state index contributed by atoms with van der Waals surface area (Å²) in [5, 5.41) is 24.3. The van der Waals surface area contributed by atoms with Gasteiger partial charge in [0, 0.05) is 28.4 Å². The minimum absolute atomic E-state index is 0.000390. The minimum atomic E-state index is -1.54. The van der Waals surface area contributed by atoms with E-state index < -0.39 is 28.5 Å². The first kappa shape index (κ1) is 24.5. The van der Waals surface area contributed by atoms with Gasteiger partial charge in [0.2, 0.25) is 0 Å². The normalized spacial score (nSPS) is 20.0. The molecule has 2 aromatic carbocycles. The van der Waals surface area contributed by atoms with Gasteiger partial charge in [-0.1, -0.05) is 15.9 Å². The number of carbonyl (C=O) groups is 3. The molecule has 0 radical (unpaired) electrons. The third kappa shape index (κ3) is 3.89. The largest absolute Gasteiger partial charge is 0.507 e. The second-order valence-electron chi connectivity index (χ2n) is 8.62. The number of ether oxygens (including phenoxy) is 2. The lowest BCUT2D eigenvalue weighted by molar-refractivity contribution is -0.123. The first-order valence-electron chi connectivity index (χ1n) is 10.9. The summed E-state index contributed by atoms with van der Waals surface area (Å²) in [5.74, 6) is -1.84. The molecule has 1 heterocycles. The monoisotopic (exact) mass is 541 g/mol. The molecular weight excluding hydrogens is 518 g/mol. The smallest absolute Gasteiger partial charge is 0.194 e. The number of fused-ring (bicyclic) bond motifs is 3. The first-order chi connectivity index (χ1) is 16.5. The number of hydrogen-bond donors (Lipinski definition) is 3. The van der Waals surface area contributed by atoms with E-state index in [4.69, 9.17) is 9.47 Å². The van der Waals surface area contributed by atoms with Gasteiger partial charge >= 0.3 is 0 Å². The predicted molar refractivity (Wildman–Crippen MR) is 131 cm³/mol. The van der Waals surface area contributed by atoms with Crippen molar-refractivity contribution in [1.82, 2.24) is 5.32 Å². The first-order valence-corrected chi connectivity index (χ1v) is 11.7. The van der Waals surface area contributed by atoms with Crippen LogP contribution in [-0.2, 0) is 15.0 Å². The topological polar surface area (TPSA) is 122 Å². The van der Waals surface area contributed by atoms with Crippen molar-refractivity contribution in [3.63, 3.8) is 0 Å². The van der Waals surface area contributed by atoms with E-state index in [1.165, 1.54) is 26.8 Å². The van der Waals surface area contributed by atoms with Crippen molar-refractivity contribution < 1.29 is 34.1 Å². The molecule has 1 aliphatic carbocycles. The molecule has 35 heavy (non-hydrogen) atoms. The summed E-state index contributed by atoms with van der Waals surface area (Å²) in [4.78, 5) is 38.9. The average Bonchev–Trinajstić information content (AvgIpc) is 3.09. The number of halogens is 1. The van der Waals surface area contributed by atoms with Crippen LogP contribution in [0.25, 0.3) is 0 Å². The summed E-state index contributed by atoms with van der Waals surface area (Å²) < 4.78 is 12.4. The van der Waals surface area contributed by atoms with E-state index in [2.05, 4.69) is 21.2 Å². The standard InChI is InChI=1S/C26H24BrNO7/c1-12-22(31)20(14(3)29)24-21(23(12)32)26(4)18(35-24)11-17(30)19(25(26)33)13(2)28-9-10-34-16-7-5-15(27)6-8-16/h5-8,11,28,31-32H,9-10H2,1-4H3/b19-13+/t26-/m0/s1. The molecule has 3 N–H and O–H groups in total. The van der Waals surface area contributed by atoms with Gasteiger partial charge in [-0.3, -0.25) is 14.4 Å². The van der Waals surface area contributed by atoms with Gasteiger partial charge in [0.1, 0.15) is 46.3 Å². The number of carbonyl (C=O) groups excluding carboxylic acids is 3. The molecule has 8 nitrogen and oxygen atoms in total. The third-order valence-corrected chi connectivity index (χ3v) is 6.86. The summed E-state index contributed by atoms with van der Waals surface area (Å²) in [7, 11) is 0. The molecule has 0 bridgehead atoms. The molecule has 2 aromatic rings. The Morgan fingerprint density at radius 2 is 1.80 bits per heavy atom. The van der Waals surface area contributed by atoms with E-state index in [9.17, 15) is 24.6 Å². The maximum Gasteiger partial charge on any atom is 0.194 e. The van der Waals surface area contributed by atoms with Gasteiger partial charge in [-0.05, 0) is 52.0 Å². The maximum atomic E-state index is 13.7. The van der Waals surface area contributed by atoms with Crippen molar-refractivity contribution in [2.24, 2.45) is 0 Å². The number of ketones is 3. The minimum Gasteiger partial charge on any atom is -0.507 e. The molecule has 0 saturated heterocycles. The lowest BCUT2D eigenvalue weighted by Crippen LogP contribution is -2.41. The zero-order chi connectivity index (χ0) is 25.7. The fourth-order valence-corrected chi connectivity index (χ4v) is 4.65. The van der Waals surface area contributed by atoms with E-state index in [-0.39, 0.29) is 39.5 Å². The lowest BCUT2D eigenvalue weighted by Gasteiger charge is -2.29. The molecular formula is C26H24BrNO7. The van der Waals surface area contributed by atoms with Crippen LogP contribution in [0, 0.1) is 6.92 Å². The van der Waals surface area contributed by atoms with E-state index in [1.807, 2.05) is 24.3 Å². The Kier molecular flexibility index (Phi) is 6.23. The molecule has 4 rings (SSSR count). The predicted octanol–water partition coefficient (Wildman–Crippen LogP) is 4.00. The van der Waals surface area contributed by atoms with Crippen molar-refractivity contribution >= 4 is 33.3 Å². The van der Waals surface area contributed by atoms with Crippen LogP contribution in [0.3, 0.4) is 0 Å². The Bertz CT molecular complexity index is 1340. The molecule has 0 amide bonds. The number of phenolic OH excluding ortho intramolecular Hbond substituents is 2. The Balaban J connectivity index is 1.66. The highest BCUT2D eigenvalue weighted by atomic mass is 79.9. The molecule has 2 aliphatic rings. The van der Waals surface area contributed by atoms with Crippen molar-refractivity contribution in [3.05, 3.63) is 68.5 Å². The second kappa shape index (κ2) is 8.88. The Morgan fingerprint density at radius 3 is 2.43 bits per heavy atom. The Morgan fingerprint density at radius 1 is 1.14 bits per heavy atom. The van der Waals surface area contributed by atoms with Crippen molar-refractivity contribution in [2.75, 3.05) is 13.2 Å². The molecule has 182 valence electrons. The Hall–Kier alpha value is -3.59. The molecule has 1 atom stereocenters. The van der Waals surface area contributed by atoms with Crippen LogP contribution in [0.4, 0.5) is 0 Å². The van der Waals surface area contributed by atoms with Crippen LogP contribution in [0.15, 0.2) is 51.8 Å². The quantitative estimate of drug-likeness (QED) is 0.217. The van der Waals surface area contributed by atoms with Gasteiger partial charge in [-0.15, -0.1) is 0 Å². The number of nitrogens with one attached hydrogen (secondary N) is 1. The molecule has 0 unspecified atom stereocenters. The summed E-state index contributed by atoms with van der Waals surface area (Å²) in [6, 6.07) is 7.34. The number of benzene rings is 2. The van der Waals surface area contributed by atoms with Crippen LogP contribution in [-0.4, -0.2) is 40.7 Å². The number of Topliss-reactive ketones (excluding diaryl/α,β-unsaturated/α-hetero) is 2. The number of rotatable bonds is 6.